The fraction of sp³-hybridized carbons (Fsp3) is 0.429. The van der Waals surface area contributed by atoms with Gasteiger partial charge in [0, 0.05) is 26.3 Å². The molecule has 0 atom stereocenters. The number of aryl methyl sites for hydroxylation is 1. The lowest BCUT2D eigenvalue weighted by Gasteiger charge is -2.26. The van der Waals surface area contributed by atoms with E-state index >= 15 is 0 Å². The summed E-state index contributed by atoms with van der Waals surface area (Å²) in [6.45, 7) is 2.86. The molecule has 1 N–H and O–H groups in total. The highest BCUT2D eigenvalue weighted by molar-refractivity contribution is 6.05. The second kappa shape index (κ2) is 6.61. The van der Waals surface area contributed by atoms with E-state index in [0.29, 0.717) is 30.4 Å². The molecule has 1 aliphatic heterocycles. The van der Waals surface area contributed by atoms with Crippen molar-refractivity contribution in [2.75, 3.05) is 43.6 Å². The van der Waals surface area contributed by atoms with Gasteiger partial charge in [0.2, 0.25) is 11.8 Å². The number of ether oxygens (including phenoxy) is 2. The molecule has 0 aromatic carbocycles. The van der Waals surface area contributed by atoms with E-state index in [-0.39, 0.29) is 11.8 Å². The molecule has 0 radical (unpaired) electrons. The lowest BCUT2D eigenvalue weighted by molar-refractivity contribution is 0.102. The quantitative estimate of drug-likeness (QED) is 0.867. The van der Waals surface area contributed by atoms with Crippen molar-refractivity contribution in [2.45, 2.75) is 0 Å². The van der Waals surface area contributed by atoms with E-state index in [1.54, 1.807) is 25.6 Å². The van der Waals surface area contributed by atoms with Gasteiger partial charge in [0.05, 0.1) is 38.4 Å². The standard InChI is InChI=1S/C14H18N6O3/c1-19-9-11(13(18-19)22-2)12(21)17-10-7-15-14(16-8-10)20-3-5-23-6-4-20/h7-9H,3-6H2,1-2H3,(H,17,21). The van der Waals surface area contributed by atoms with Gasteiger partial charge in [-0.1, -0.05) is 0 Å². The number of aromatic nitrogens is 4. The van der Waals surface area contributed by atoms with Gasteiger partial charge in [-0.15, -0.1) is 5.10 Å². The molecule has 0 saturated carbocycles. The maximum Gasteiger partial charge on any atom is 0.262 e. The summed E-state index contributed by atoms with van der Waals surface area (Å²) in [6, 6.07) is 0. The van der Waals surface area contributed by atoms with Crippen molar-refractivity contribution in [3.05, 3.63) is 24.2 Å². The highest BCUT2D eigenvalue weighted by Crippen LogP contribution is 2.17. The van der Waals surface area contributed by atoms with E-state index in [1.165, 1.54) is 11.8 Å². The van der Waals surface area contributed by atoms with E-state index in [2.05, 4.69) is 20.4 Å². The van der Waals surface area contributed by atoms with Crippen molar-refractivity contribution in [1.82, 2.24) is 19.7 Å². The number of hydrogen-bond donors (Lipinski definition) is 1. The molecule has 23 heavy (non-hydrogen) atoms. The van der Waals surface area contributed by atoms with Crippen LogP contribution in [0.15, 0.2) is 18.6 Å². The molecule has 2 aromatic heterocycles. The predicted octanol–water partition coefficient (Wildman–Crippen LogP) is 0.308. The van der Waals surface area contributed by atoms with Gasteiger partial charge in [0.25, 0.3) is 5.91 Å². The summed E-state index contributed by atoms with van der Waals surface area (Å²) in [4.78, 5) is 22.9. The number of nitrogens with one attached hydrogen (secondary N) is 1. The molecule has 0 bridgehead atoms. The van der Waals surface area contributed by atoms with Crippen molar-refractivity contribution < 1.29 is 14.3 Å². The molecule has 1 saturated heterocycles. The minimum Gasteiger partial charge on any atom is -0.479 e. The summed E-state index contributed by atoms with van der Waals surface area (Å²) in [6.07, 6.45) is 4.76. The molecule has 0 unspecified atom stereocenters. The molecule has 0 aliphatic carbocycles. The van der Waals surface area contributed by atoms with Crippen LogP contribution in [0.5, 0.6) is 5.88 Å². The van der Waals surface area contributed by atoms with Gasteiger partial charge in [-0.2, -0.15) is 0 Å². The van der Waals surface area contributed by atoms with Crippen LogP contribution in [0.1, 0.15) is 10.4 Å². The van der Waals surface area contributed by atoms with Crippen LogP contribution in [0.3, 0.4) is 0 Å². The Labute approximate surface area is 133 Å². The fourth-order valence-corrected chi connectivity index (χ4v) is 2.29. The van der Waals surface area contributed by atoms with E-state index in [4.69, 9.17) is 9.47 Å². The zero-order chi connectivity index (χ0) is 16.2. The summed E-state index contributed by atoms with van der Waals surface area (Å²) in [5.74, 6) is 0.582. The zero-order valence-electron chi connectivity index (χ0n) is 13.0. The van der Waals surface area contributed by atoms with Crippen LogP contribution in [0, 0.1) is 0 Å². The van der Waals surface area contributed by atoms with Crippen LogP contribution in [-0.2, 0) is 11.8 Å². The number of morpholine rings is 1. The van der Waals surface area contributed by atoms with Crippen LogP contribution in [0.25, 0.3) is 0 Å². The molecule has 122 valence electrons. The second-order valence-corrected chi connectivity index (χ2v) is 5.05. The van der Waals surface area contributed by atoms with Gasteiger partial charge in [-0.3, -0.25) is 9.48 Å². The molecular weight excluding hydrogens is 300 g/mol. The van der Waals surface area contributed by atoms with Crippen molar-refractivity contribution in [2.24, 2.45) is 7.05 Å². The highest BCUT2D eigenvalue weighted by Gasteiger charge is 2.17. The molecule has 3 rings (SSSR count). The van der Waals surface area contributed by atoms with Crippen molar-refractivity contribution in [3.8, 4) is 5.88 Å². The molecule has 9 heteroatoms. The first-order chi connectivity index (χ1) is 11.2. The summed E-state index contributed by atoms with van der Waals surface area (Å²) in [5, 5.41) is 6.79. The number of nitrogens with zero attached hydrogens (tertiary/aromatic N) is 5. The van der Waals surface area contributed by atoms with Crippen LogP contribution in [0.2, 0.25) is 0 Å². The van der Waals surface area contributed by atoms with Crippen LogP contribution < -0.4 is 15.0 Å². The first-order valence-corrected chi connectivity index (χ1v) is 7.21. The Morgan fingerprint density at radius 2 is 2.00 bits per heavy atom. The Morgan fingerprint density at radius 1 is 1.30 bits per heavy atom. The molecular formula is C14H18N6O3. The molecule has 9 nitrogen and oxygen atoms in total. The minimum atomic E-state index is -0.322. The first-order valence-electron chi connectivity index (χ1n) is 7.21. The lowest BCUT2D eigenvalue weighted by atomic mass is 10.3. The maximum absolute atomic E-state index is 12.3. The van der Waals surface area contributed by atoms with Gasteiger partial charge in [0.15, 0.2) is 0 Å². The maximum atomic E-state index is 12.3. The Morgan fingerprint density at radius 3 is 2.65 bits per heavy atom. The van der Waals surface area contributed by atoms with Crippen LogP contribution >= 0.6 is 0 Å². The summed E-state index contributed by atoms with van der Waals surface area (Å²) in [5.41, 5.74) is 0.866. The number of methoxy groups -OCH3 is 1. The molecule has 3 heterocycles. The lowest BCUT2D eigenvalue weighted by Crippen LogP contribution is -2.37. The van der Waals surface area contributed by atoms with Gasteiger partial charge >= 0.3 is 0 Å². The minimum absolute atomic E-state index is 0.274. The van der Waals surface area contributed by atoms with Crippen LogP contribution in [0.4, 0.5) is 11.6 Å². The number of carbonyl (C=O) groups is 1. The van der Waals surface area contributed by atoms with Gasteiger partial charge in [-0.05, 0) is 0 Å². The molecule has 2 aromatic rings. The normalized spacial score (nSPS) is 14.6. The van der Waals surface area contributed by atoms with Gasteiger partial charge < -0.3 is 19.7 Å². The van der Waals surface area contributed by atoms with Gasteiger partial charge in [0.1, 0.15) is 5.56 Å². The molecule has 1 amide bonds. The van der Waals surface area contributed by atoms with Crippen molar-refractivity contribution in [1.29, 1.82) is 0 Å². The monoisotopic (exact) mass is 318 g/mol. The molecule has 1 fully saturated rings. The number of carbonyl (C=O) groups excluding carboxylic acids is 1. The zero-order valence-corrected chi connectivity index (χ0v) is 13.0. The second-order valence-electron chi connectivity index (χ2n) is 5.05. The average Bonchev–Trinajstić information content (AvgIpc) is 2.97. The van der Waals surface area contributed by atoms with Crippen LogP contribution in [-0.4, -0.2) is 59.1 Å². The Kier molecular flexibility index (Phi) is 4.38. The van der Waals surface area contributed by atoms with E-state index < -0.39 is 0 Å². The summed E-state index contributed by atoms with van der Waals surface area (Å²) >= 11 is 0. The smallest absolute Gasteiger partial charge is 0.262 e. The SMILES string of the molecule is COc1nn(C)cc1C(=O)Nc1cnc(N2CCOCC2)nc1. The number of anilines is 2. The number of rotatable bonds is 4. The molecule has 1 aliphatic rings. The number of amides is 1. The largest absolute Gasteiger partial charge is 0.479 e. The third-order valence-corrected chi connectivity index (χ3v) is 3.42. The Bertz CT molecular complexity index is 678. The highest BCUT2D eigenvalue weighted by atomic mass is 16.5. The molecule has 0 spiro atoms. The van der Waals surface area contributed by atoms with E-state index in [9.17, 15) is 4.79 Å². The number of hydrogen-bond acceptors (Lipinski definition) is 7. The van der Waals surface area contributed by atoms with Crippen molar-refractivity contribution >= 4 is 17.5 Å². The van der Waals surface area contributed by atoms with E-state index in [1.807, 2.05) is 4.90 Å². The fourth-order valence-electron chi connectivity index (χ4n) is 2.29. The topological polar surface area (TPSA) is 94.4 Å². The Hall–Kier alpha value is -2.68. The predicted molar refractivity (Wildman–Crippen MR) is 82.8 cm³/mol. The van der Waals surface area contributed by atoms with Gasteiger partial charge in [-0.25, -0.2) is 9.97 Å². The summed E-state index contributed by atoms with van der Waals surface area (Å²) < 4.78 is 11.9. The third kappa shape index (κ3) is 3.39. The average molecular weight is 318 g/mol. The van der Waals surface area contributed by atoms with E-state index in [0.717, 1.165) is 13.1 Å². The Balaban J connectivity index is 1.69. The first kappa shape index (κ1) is 15.2. The van der Waals surface area contributed by atoms with Crippen molar-refractivity contribution in [3.63, 3.8) is 0 Å². The summed E-state index contributed by atoms with van der Waals surface area (Å²) in [7, 11) is 3.19. The third-order valence-electron chi connectivity index (χ3n) is 3.42.